The predicted octanol–water partition coefficient (Wildman–Crippen LogP) is 3.61. The SMILES string of the molecule is CC(=O)Nc1ccc(SC(C)C(=O)NCC(c2ccsc2)N(C)C)cc1. The molecule has 0 bridgehead atoms. The van der Waals surface area contributed by atoms with Crippen LogP contribution in [0.3, 0.4) is 0 Å². The molecule has 0 radical (unpaired) electrons. The average Bonchev–Trinajstić information content (AvgIpc) is 3.10. The number of rotatable bonds is 8. The van der Waals surface area contributed by atoms with Crippen molar-refractivity contribution < 1.29 is 9.59 Å². The van der Waals surface area contributed by atoms with Gasteiger partial charge in [0.05, 0.1) is 11.3 Å². The fourth-order valence-electron chi connectivity index (χ4n) is 2.48. The quantitative estimate of drug-likeness (QED) is 0.675. The highest BCUT2D eigenvalue weighted by molar-refractivity contribution is 8.00. The highest BCUT2D eigenvalue weighted by Gasteiger charge is 2.19. The molecule has 1 aromatic carbocycles. The summed E-state index contributed by atoms with van der Waals surface area (Å²) in [6, 6.07) is 9.76. The van der Waals surface area contributed by atoms with Crippen LogP contribution in [0.25, 0.3) is 0 Å². The minimum Gasteiger partial charge on any atom is -0.353 e. The number of thiophene rings is 1. The Hall–Kier alpha value is -1.83. The molecule has 26 heavy (non-hydrogen) atoms. The first-order chi connectivity index (χ1) is 12.4. The van der Waals surface area contributed by atoms with E-state index in [9.17, 15) is 9.59 Å². The molecule has 0 spiro atoms. The second-order valence-corrected chi connectivity index (χ2v) is 8.44. The molecular weight excluding hydrogens is 366 g/mol. The maximum Gasteiger partial charge on any atom is 0.233 e. The third-order valence-electron chi connectivity index (χ3n) is 3.88. The molecule has 0 saturated carbocycles. The molecule has 140 valence electrons. The molecule has 0 saturated heterocycles. The molecule has 1 heterocycles. The molecule has 5 nitrogen and oxygen atoms in total. The van der Waals surface area contributed by atoms with Gasteiger partial charge in [0.2, 0.25) is 11.8 Å². The lowest BCUT2D eigenvalue weighted by Crippen LogP contribution is -2.37. The third kappa shape index (κ3) is 6.16. The summed E-state index contributed by atoms with van der Waals surface area (Å²) in [5.41, 5.74) is 1.97. The zero-order valence-corrected chi connectivity index (χ0v) is 17.1. The first-order valence-corrected chi connectivity index (χ1v) is 10.2. The van der Waals surface area contributed by atoms with E-state index in [1.807, 2.05) is 45.3 Å². The van der Waals surface area contributed by atoms with E-state index in [-0.39, 0.29) is 23.1 Å². The number of nitrogens with zero attached hydrogens (tertiary/aromatic N) is 1. The van der Waals surface area contributed by atoms with Crippen molar-refractivity contribution >= 4 is 40.6 Å². The molecule has 1 aromatic heterocycles. The van der Waals surface area contributed by atoms with E-state index >= 15 is 0 Å². The zero-order valence-electron chi connectivity index (χ0n) is 15.5. The van der Waals surface area contributed by atoms with Crippen molar-refractivity contribution in [3.8, 4) is 0 Å². The van der Waals surface area contributed by atoms with E-state index < -0.39 is 0 Å². The number of hydrogen-bond donors (Lipinski definition) is 2. The minimum atomic E-state index is -0.202. The van der Waals surface area contributed by atoms with E-state index in [4.69, 9.17) is 0 Å². The summed E-state index contributed by atoms with van der Waals surface area (Å²) in [7, 11) is 4.03. The van der Waals surface area contributed by atoms with Gasteiger partial charge in [0.15, 0.2) is 0 Å². The van der Waals surface area contributed by atoms with Gasteiger partial charge in [-0.25, -0.2) is 0 Å². The van der Waals surface area contributed by atoms with E-state index in [2.05, 4.69) is 32.4 Å². The van der Waals surface area contributed by atoms with Crippen LogP contribution in [0.5, 0.6) is 0 Å². The van der Waals surface area contributed by atoms with Crippen LogP contribution in [0.1, 0.15) is 25.5 Å². The first-order valence-electron chi connectivity index (χ1n) is 8.37. The number of thioether (sulfide) groups is 1. The number of anilines is 1. The van der Waals surface area contributed by atoms with Crippen LogP contribution < -0.4 is 10.6 Å². The van der Waals surface area contributed by atoms with Crippen LogP contribution in [0.4, 0.5) is 5.69 Å². The van der Waals surface area contributed by atoms with Gasteiger partial charge in [0, 0.05) is 24.1 Å². The summed E-state index contributed by atoms with van der Waals surface area (Å²) < 4.78 is 0. The number of amides is 2. The predicted molar refractivity (Wildman–Crippen MR) is 110 cm³/mol. The number of nitrogens with one attached hydrogen (secondary N) is 2. The maximum atomic E-state index is 12.5. The normalized spacial score (nSPS) is 13.3. The van der Waals surface area contributed by atoms with Gasteiger partial charge >= 0.3 is 0 Å². The van der Waals surface area contributed by atoms with Crippen LogP contribution in [0, 0.1) is 0 Å². The summed E-state index contributed by atoms with van der Waals surface area (Å²) in [6.45, 7) is 3.96. The Morgan fingerprint density at radius 1 is 1.19 bits per heavy atom. The standard InChI is InChI=1S/C19H25N3O2S2/c1-13(26-17-7-5-16(6-8-17)21-14(2)23)19(24)20-11-18(22(3)4)15-9-10-25-12-15/h5-10,12-13,18H,11H2,1-4H3,(H,20,24)(H,21,23). The van der Waals surface area contributed by atoms with E-state index in [1.165, 1.54) is 24.2 Å². The number of carbonyl (C=O) groups is 2. The molecule has 2 amide bonds. The first kappa shape index (κ1) is 20.5. The van der Waals surface area contributed by atoms with Crippen LogP contribution in [-0.2, 0) is 9.59 Å². The van der Waals surface area contributed by atoms with Gasteiger partial charge < -0.3 is 15.5 Å². The molecule has 7 heteroatoms. The summed E-state index contributed by atoms with van der Waals surface area (Å²) in [6.07, 6.45) is 0. The summed E-state index contributed by atoms with van der Waals surface area (Å²) >= 11 is 3.16. The van der Waals surface area contributed by atoms with Crippen LogP contribution in [0.15, 0.2) is 46.0 Å². The van der Waals surface area contributed by atoms with E-state index in [0.29, 0.717) is 6.54 Å². The van der Waals surface area contributed by atoms with Crippen molar-refractivity contribution in [1.82, 2.24) is 10.2 Å². The molecule has 0 aliphatic rings. The van der Waals surface area contributed by atoms with Gasteiger partial charge in [-0.15, -0.1) is 11.8 Å². The summed E-state index contributed by atoms with van der Waals surface area (Å²) in [5.74, 6) is -0.0813. The Morgan fingerprint density at radius 2 is 1.88 bits per heavy atom. The summed E-state index contributed by atoms with van der Waals surface area (Å²) in [5, 5.41) is 9.76. The molecular formula is C19H25N3O2S2. The Bertz CT molecular complexity index is 715. The molecule has 0 fully saturated rings. The maximum absolute atomic E-state index is 12.5. The van der Waals surface area contributed by atoms with Crippen LogP contribution in [-0.4, -0.2) is 42.6 Å². The number of benzene rings is 1. The van der Waals surface area contributed by atoms with Crippen LogP contribution >= 0.6 is 23.1 Å². The van der Waals surface area contributed by atoms with Crippen molar-refractivity contribution in [2.75, 3.05) is 26.0 Å². The van der Waals surface area contributed by atoms with Crippen molar-refractivity contribution in [3.63, 3.8) is 0 Å². The highest BCUT2D eigenvalue weighted by atomic mass is 32.2. The number of carbonyl (C=O) groups excluding carboxylic acids is 2. The lowest BCUT2D eigenvalue weighted by molar-refractivity contribution is -0.120. The monoisotopic (exact) mass is 391 g/mol. The Labute approximate surface area is 163 Å². The molecule has 0 aliphatic heterocycles. The number of hydrogen-bond acceptors (Lipinski definition) is 5. The second-order valence-electron chi connectivity index (χ2n) is 6.25. The Kier molecular flexibility index (Phi) is 7.68. The molecule has 2 unspecified atom stereocenters. The zero-order chi connectivity index (χ0) is 19.1. The lowest BCUT2D eigenvalue weighted by atomic mass is 10.1. The minimum absolute atomic E-state index is 0.0167. The molecule has 2 rings (SSSR count). The fourth-order valence-corrected chi connectivity index (χ4v) is 4.08. The van der Waals surface area contributed by atoms with E-state index in [0.717, 1.165) is 10.6 Å². The lowest BCUT2D eigenvalue weighted by Gasteiger charge is -2.24. The molecule has 0 aliphatic carbocycles. The average molecular weight is 392 g/mol. The van der Waals surface area contributed by atoms with Gasteiger partial charge in [-0.1, -0.05) is 0 Å². The Balaban J connectivity index is 1.87. The Morgan fingerprint density at radius 3 is 2.42 bits per heavy atom. The largest absolute Gasteiger partial charge is 0.353 e. The molecule has 2 N–H and O–H groups in total. The van der Waals surface area contributed by atoms with Gasteiger partial charge in [-0.05, 0) is 67.7 Å². The third-order valence-corrected chi connectivity index (χ3v) is 5.69. The van der Waals surface area contributed by atoms with Crippen molar-refractivity contribution in [2.24, 2.45) is 0 Å². The highest BCUT2D eigenvalue weighted by Crippen LogP contribution is 2.25. The van der Waals surface area contributed by atoms with Gasteiger partial charge in [0.1, 0.15) is 0 Å². The van der Waals surface area contributed by atoms with Crippen molar-refractivity contribution in [3.05, 3.63) is 46.7 Å². The molecule has 2 atom stereocenters. The van der Waals surface area contributed by atoms with E-state index in [1.54, 1.807) is 11.3 Å². The van der Waals surface area contributed by atoms with Crippen molar-refractivity contribution in [1.29, 1.82) is 0 Å². The van der Waals surface area contributed by atoms with Crippen molar-refractivity contribution in [2.45, 2.75) is 30.0 Å². The second kappa shape index (κ2) is 9.75. The topological polar surface area (TPSA) is 61.4 Å². The van der Waals surface area contributed by atoms with Gasteiger partial charge in [-0.3, -0.25) is 9.59 Å². The smallest absolute Gasteiger partial charge is 0.233 e. The van der Waals surface area contributed by atoms with Gasteiger partial charge in [0.25, 0.3) is 0 Å². The van der Waals surface area contributed by atoms with Crippen LogP contribution in [0.2, 0.25) is 0 Å². The number of likely N-dealkylation sites (N-methyl/N-ethyl adjacent to an activating group) is 1. The fraction of sp³-hybridized carbons (Fsp3) is 0.368. The summed E-state index contributed by atoms with van der Waals surface area (Å²) in [4.78, 5) is 26.6. The molecule has 2 aromatic rings. The van der Waals surface area contributed by atoms with Gasteiger partial charge in [-0.2, -0.15) is 11.3 Å².